The maximum atomic E-state index is 12.8. The van der Waals surface area contributed by atoms with Gasteiger partial charge in [0.2, 0.25) is 11.8 Å². The van der Waals surface area contributed by atoms with Crippen molar-refractivity contribution in [2.24, 2.45) is 11.1 Å². The molecule has 1 aromatic heterocycles. The van der Waals surface area contributed by atoms with E-state index >= 15 is 0 Å². The largest absolute Gasteiger partial charge is 0.369 e. The summed E-state index contributed by atoms with van der Waals surface area (Å²) in [4.78, 5) is 31.5. The van der Waals surface area contributed by atoms with E-state index in [4.69, 9.17) is 5.73 Å². The Kier molecular flexibility index (Phi) is 6.12. The van der Waals surface area contributed by atoms with Crippen molar-refractivity contribution in [1.29, 1.82) is 0 Å². The van der Waals surface area contributed by atoms with E-state index in [1.54, 1.807) is 11.1 Å². The van der Waals surface area contributed by atoms with Crippen LogP contribution in [-0.4, -0.2) is 34.8 Å². The summed E-state index contributed by atoms with van der Waals surface area (Å²) >= 11 is 0. The van der Waals surface area contributed by atoms with Crippen molar-refractivity contribution in [3.63, 3.8) is 0 Å². The van der Waals surface area contributed by atoms with Crippen LogP contribution in [0.3, 0.4) is 0 Å². The van der Waals surface area contributed by atoms with Crippen LogP contribution in [0, 0.1) is 5.41 Å². The average molecular weight is 414 g/mol. The van der Waals surface area contributed by atoms with Gasteiger partial charge in [-0.3, -0.25) is 14.6 Å². The first kappa shape index (κ1) is 20.8. The normalized spacial score (nSPS) is 18.1. The number of nitrogens with two attached hydrogens (primary N) is 1. The highest BCUT2D eigenvalue weighted by Crippen LogP contribution is 2.37. The van der Waals surface area contributed by atoms with Crippen LogP contribution in [0.15, 0.2) is 79.1 Å². The maximum absolute atomic E-state index is 12.8. The van der Waals surface area contributed by atoms with Gasteiger partial charge in [0.25, 0.3) is 0 Å². The quantitative estimate of drug-likeness (QED) is 0.643. The zero-order valence-corrected chi connectivity index (χ0v) is 17.5. The van der Waals surface area contributed by atoms with E-state index in [2.05, 4.69) is 4.98 Å². The molecular formula is C26H27N3O2. The second-order valence-electron chi connectivity index (χ2n) is 8.27. The number of carbonyl (C=O) groups excluding carboxylic acids is 2. The summed E-state index contributed by atoms with van der Waals surface area (Å²) in [6.07, 6.45) is 5.79. The van der Waals surface area contributed by atoms with Gasteiger partial charge in [-0.1, -0.05) is 60.7 Å². The van der Waals surface area contributed by atoms with Gasteiger partial charge in [0.05, 0.1) is 5.41 Å². The van der Waals surface area contributed by atoms with Crippen molar-refractivity contribution < 1.29 is 9.59 Å². The SMILES string of the molecule is NC(=O)[C@]1(Cc2ccccc2-c2cccnc2)CCN(C(=O)CCc2ccccc2)C1. The van der Waals surface area contributed by atoms with Crippen molar-refractivity contribution in [3.05, 3.63) is 90.3 Å². The molecule has 5 heteroatoms. The third kappa shape index (κ3) is 4.66. The standard InChI is InChI=1S/C26H27N3O2/c27-25(31)26(17-21-9-4-5-11-23(21)22-10-6-15-28-18-22)14-16-29(19-26)24(30)13-12-20-7-2-1-3-8-20/h1-11,15,18H,12-14,16-17,19H2,(H2,27,31)/t26-/m0/s1. The smallest absolute Gasteiger partial charge is 0.225 e. The third-order valence-corrected chi connectivity index (χ3v) is 6.22. The first-order chi connectivity index (χ1) is 15.1. The average Bonchev–Trinajstić information content (AvgIpc) is 3.25. The van der Waals surface area contributed by atoms with E-state index in [9.17, 15) is 9.59 Å². The molecule has 4 rings (SSSR count). The number of hydrogen-bond acceptors (Lipinski definition) is 3. The topological polar surface area (TPSA) is 76.3 Å². The molecule has 1 atom stereocenters. The molecule has 1 fully saturated rings. The molecule has 0 aliphatic carbocycles. The van der Waals surface area contributed by atoms with Gasteiger partial charge in [-0.25, -0.2) is 0 Å². The summed E-state index contributed by atoms with van der Waals surface area (Å²) < 4.78 is 0. The Morgan fingerprint density at radius 2 is 1.77 bits per heavy atom. The fraction of sp³-hybridized carbons (Fsp3) is 0.269. The zero-order chi connectivity index (χ0) is 21.7. The Hall–Kier alpha value is -3.47. The molecule has 1 aliphatic heterocycles. The summed E-state index contributed by atoms with van der Waals surface area (Å²) in [5.41, 5.74) is 9.40. The van der Waals surface area contributed by atoms with E-state index < -0.39 is 5.41 Å². The van der Waals surface area contributed by atoms with E-state index in [-0.39, 0.29) is 11.8 Å². The molecule has 1 saturated heterocycles. The second-order valence-corrected chi connectivity index (χ2v) is 8.27. The highest BCUT2D eigenvalue weighted by molar-refractivity contribution is 5.85. The minimum Gasteiger partial charge on any atom is -0.369 e. The molecular weight excluding hydrogens is 386 g/mol. The van der Waals surface area contributed by atoms with Gasteiger partial charge in [0.1, 0.15) is 0 Å². The Labute approximate surface area is 182 Å². The lowest BCUT2D eigenvalue weighted by atomic mass is 9.78. The zero-order valence-electron chi connectivity index (χ0n) is 17.5. The molecule has 3 aromatic rings. The van der Waals surface area contributed by atoms with Crippen molar-refractivity contribution in [3.8, 4) is 11.1 Å². The molecule has 2 heterocycles. The minimum atomic E-state index is -0.749. The first-order valence-corrected chi connectivity index (χ1v) is 10.7. The van der Waals surface area contributed by atoms with Gasteiger partial charge in [0.15, 0.2) is 0 Å². The number of benzene rings is 2. The number of amides is 2. The molecule has 0 saturated carbocycles. The van der Waals surface area contributed by atoms with Gasteiger partial charge in [-0.15, -0.1) is 0 Å². The van der Waals surface area contributed by atoms with Crippen LogP contribution < -0.4 is 5.73 Å². The van der Waals surface area contributed by atoms with Crippen molar-refractivity contribution in [2.75, 3.05) is 13.1 Å². The maximum Gasteiger partial charge on any atom is 0.225 e. The minimum absolute atomic E-state index is 0.0764. The molecule has 2 amide bonds. The molecule has 2 aromatic carbocycles. The van der Waals surface area contributed by atoms with Crippen LogP contribution >= 0.6 is 0 Å². The number of rotatable bonds is 7. The van der Waals surface area contributed by atoms with Gasteiger partial charge in [0, 0.05) is 37.5 Å². The van der Waals surface area contributed by atoms with Crippen LogP contribution in [0.25, 0.3) is 11.1 Å². The Morgan fingerprint density at radius 1 is 1.00 bits per heavy atom. The molecule has 0 radical (unpaired) electrons. The fourth-order valence-corrected chi connectivity index (χ4v) is 4.41. The van der Waals surface area contributed by atoms with Crippen molar-refractivity contribution >= 4 is 11.8 Å². The van der Waals surface area contributed by atoms with Gasteiger partial charge in [-0.05, 0) is 42.0 Å². The summed E-state index contributed by atoms with van der Waals surface area (Å²) in [5.74, 6) is -0.264. The summed E-state index contributed by atoms with van der Waals surface area (Å²) in [6.45, 7) is 0.933. The van der Waals surface area contributed by atoms with Gasteiger partial charge in [-0.2, -0.15) is 0 Å². The molecule has 31 heavy (non-hydrogen) atoms. The molecule has 0 spiro atoms. The fourth-order valence-electron chi connectivity index (χ4n) is 4.41. The Morgan fingerprint density at radius 3 is 2.52 bits per heavy atom. The van der Waals surface area contributed by atoms with Crippen LogP contribution in [0.4, 0.5) is 0 Å². The first-order valence-electron chi connectivity index (χ1n) is 10.7. The van der Waals surface area contributed by atoms with Crippen molar-refractivity contribution in [1.82, 2.24) is 9.88 Å². The number of pyridine rings is 1. The summed E-state index contributed by atoms with van der Waals surface area (Å²) in [7, 11) is 0. The lowest BCUT2D eigenvalue weighted by Gasteiger charge is -2.27. The lowest BCUT2D eigenvalue weighted by Crippen LogP contribution is -2.42. The molecule has 1 aliphatic rings. The van der Waals surface area contributed by atoms with Crippen molar-refractivity contribution in [2.45, 2.75) is 25.7 Å². The molecule has 0 bridgehead atoms. The molecule has 158 valence electrons. The predicted octanol–water partition coefficient (Wildman–Crippen LogP) is 3.63. The van der Waals surface area contributed by atoms with Crippen LogP contribution in [0.1, 0.15) is 24.0 Å². The summed E-state index contributed by atoms with van der Waals surface area (Å²) in [6, 6.07) is 21.9. The van der Waals surface area contributed by atoms with Crippen LogP contribution in [-0.2, 0) is 22.4 Å². The highest BCUT2D eigenvalue weighted by atomic mass is 16.2. The molecule has 5 nitrogen and oxygen atoms in total. The van der Waals surface area contributed by atoms with E-state index in [0.717, 1.165) is 22.3 Å². The number of primary amides is 1. The Bertz CT molecular complexity index is 1050. The third-order valence-electron chi connectivity index (χ3n) is 6.22. The molecule has 2 N–H and O–H groups in total. The van der Waals surface area contributed by atoms with Gasteiger partial charge < -0.3 is 10.6 Å². The lowest BCUT2D eigenvalue weighted by molar-refractivity contribution is -0.132. The summed E-state index contributed by atoms with van der Waals surface area (Å²) in [5, 5.41) is 0. The van der Waals surface area contributed by atoms with E-state index in [1.165, 1.54) is 0 Å². The predicted molar refractivity (Wildman–Crippen MR) is 121 cm³/mol. The monoisotopic (exact) mass is 413 g/mol. The Balaban J connectivity index is 1.50. The van der Waals surface area contributed by atoms with E-state index in [0.29, 0.717) is 38.8 Å². The number of hydrogen-bond donors (Lipinski definition) is 1. The van der Waals surface area contributed by atoms with Gasteiger partial charge >= 0.3 is 0 Å². The van der Waals surface area contributed by atoms with E-state index in [1.807, 2.05) is 72.9 Å². The van der Waals surface area contributed by atoms with Crippen LogP contribution in [0.2, 0.25) is 0 Å². The number of aromatic nitrogens is 1. The number of likely N-dealkylation sites (tertiary alicyclic amines) is 1. The number of carbonyl (C=O) groups is 2. The molecule has 0 unspecified atom stereocenters. The number of aryl methyl sites for hydroxylation is 1. The highest BCUT2D eigenvalue weighted by Gasteiger charge is 2.44. The number of nitrogens with zero attached hydrogens (tertiary/aromatic N) is 2. The second kappa shape index (κ2) is 9.13. The van der Waals surface area contributed by atoms with Crippen LogP contribution in [0.5, 0.6) is 0 Å².